The van der Waals surface area contributed by atoms with E-state index in [1.54, 1.807) is 41.8 Å². The van der Waals surface area contributed by atoms with Gasteiger partial charge in [-0.15, -0.1) is 0 Å². The Kier molecular flexibility index (Phi) is 9.31. The molecule has 0 spiro atoms. The standard InChI is InChI=1S/C30H32F3N3O5/c1-4-40-29(39)28-25(15-34-21(16-37)17-38)24-13-19(26-11-6-20(14-35-26)30(31,32)33)5-12-27(24)36(28)22-7-9-23(10-8-22)41-18(2)3/h5-14,18,21,34,37-38H,4,15-17H2,1-3H3. The Balaban J connectivity index is 1.92. The number of ether oxygens (including phenoxy) is 2. The number of hydrogen-bond donors (Lipinski definition) is 3. The average molecular weight is 572 g/mol. The molecule has 2 heterocycles. The molecule has 0 radical (unpaired) electrons. The van der Waals surface area contributed by atoms with Crippen molar-refractivity contribution in [2.75, 3.05) is 19.8 Å². The van der Waals surface area contributed by atoms with Crippen molar-refractivity contribution in [3.05, 3.63) is 77.6 Å². The number of carbonyl (C=O) groups is 1. The number of aliphatic hydroxyl groups excluding tert-OH is 2. The Morgan fingerprint density at radius 1 is 1.05 bits per heavy atom. The molecule has 0 saturated heterocycles. The number of nitrogens with one attached hydrogen (secondary N) is 1. The van der Waals surface area contributed by atoms with Crippen LogP contribution >= 0.6 is 0 Å². The normalized spacial score (nSPS) is 12.0. The predicted octanol–water partition coefficient (Wildman–Crippen LogP) is 5.12. The number of halogens is 3. The molecule has 3 N–H and O–H groups in total. The molecule has 4 aromatic rings. The summed E-state index contributed by atoms with van der Waals surface area (Å²) in [6, 6.07) is 14.1. The van der Waals surface area contributed by atoms with Crippen molar-refractivity contribution >= 4 is 16.9 Å². The first-order valence-electron chi connectivity index (χ1n) is 13.2. The third-order valence-electron chi connectivity index (χ3n) is 6.40. The Labute approximate surface area is 235 Å². The van der Waals surface area contributed by atoms with Crippen LogP contribution in [0, 0.1) is 0 Å². The van der Waals surface area contributed by atoms with Gasteiger partial charge in [0.2, 0.25) is 0 Å². The van der Waals surface area contributed by atoms with Crippen LogP contribution < -0.4 is 10.1 Å². The summed E-state index contributed by atoms with van der Waals surface area (Å²) in [6.45, 7) is 5.08. The van der Waals surface area contributed by atoms with Gasteiger partial charge in [0.15, 0.2) is 0 Å². The number of pyridine rings is 1. The van der Waals surface area contributed by atoms with Crippen LogP contribution in [0.2, 0.25) is 0 Å². The van der Waals surface area contributed by atoms with Crippen LogP contribution in [-0.4, -0.2) is 57.7 Å². The molecule has 0 bridgehead atoms. The molecule has 0 fully saturated rings. The van der Waals surface area contributed by atoms with Crippen LogP contribution in [-0.2, 0) is 17.5 Å². The molecule has 218 valence electrons. The number of rotatable bonds is 11. The van der Waals surface area contributed by atoms with Crippen LogP contribution in [0.25, 0.3) is 27.8 Å². The lowest BCUT2D eigenvalue weighted by Crippen LogP contribution is -2.35. The second-order valence-corrected chi connectivity index (χ2v) is 9.65. The summed E-state index contributed by atoms with van der Waals surface area (Å²) in [7, 11) is 0. The molecule has 8 nitrogen and oxygen atoms in total. The van der Waals surface area contributed by atoms with E-state index < -0.39 is 23.8 Å². The molecule has 41 heavy (non-hydrogen) atoms. The topological polar surface area (TPSA) is 106 Å². The Morgan fingerprint density at radius 3 is 2.32 bits per heavy atom. The van der Waals surface area contributed by atoms with Crippen molar-refractivity contribution in [3.63, 3.8) is 0 Å². The molecule has 4 rings (SSSR count). The number of aromatic nitrogens is 2. The fourth-order valence-electron chi connectivity index (χ4n) is 4.49. The minimum absolute atomic E-state index is 0.0238. The average Bonchev–Trinajstić information content (AvgIpc) is 3.27. The van der Waals surface area contributed by atoms with Gasteiger partial charge in [0.25, 0.3) is 0 Å². The van der Waals surface area contributed by atoms with Crippen molar-refractivity contribution in [2.24, 2.45) is 0 Å². The second kappa shape index (κ2) is 12.7. The minimum atomic E-state index is -4.51. The Hall–Kier alpha value is -3.93. The molecular formula is C30H32F3N3O5. The number of nitrogens with zero attached hydrogens (tertiary/aromatic N) is 2. The third kappa shape index (κ3) is 6.70. The fraction of sp³-hybridized carbons (Fsp3) is 0.333. The molecule has 0 aliphatic rings. The van der Waals surface area contributed by atoms with Crippen LogP contribution in [0.4, 0.5) is 13.2 Å². The first-order chi connectivity index (χ1) is 19.6. The summed E-state index contributed by atoms with van der Waals surface area (Å²) in [4.78, 5) is 17.4. The molecular weight excluding hydrogens is 539 g/mol. The summed E-state index contributed by atoms with van der Waals surface area (Å²) in [6.07, 6.45) is -3.75. The zero-order valence-corrected chi connectivity index (χ0v) is 22.9. The van der Waals surface area contributed by atoms with Crippen LogP contribution in [0.5, 0.6) is 5.75 Å². The van der Waals surface area contributed by atoms with Crippen LogP contribution in [0.3, 0.4) is 0 Å². The third-order valence-corrected chi connectivity index (χ3v) is 6.40. The van der Waals surface area contributed by atoms with Gasteiger partial charge in [0.1, 0.15) is 11.4 Å². The lowest BCUT2D eigenvalue weighted by molar-refractivity contribution is -0.137. The lowest BCUT2D eigenvalue weighted by atomic mass is 10.0. The van der Waals surface area contributed by atoms with Gasteiger partial charge in [-0.3, -0.25) is 4.98 Å². The van der Waals surface area contributed by atoms with Gasteiger partial charge < -0.3 is 29.6 Å². The highest BCUT2D eigenvalue weighted by atomic mass is 19.4. The van der Waals surface area contributed by atoms with Gasteiger partial charge in [0, 0.05) is 34.9 Å². The maximum absolute atomic E-state index is 13.4. The Bertz CT molecular complexity index is 1480. The van der Waals surface area contributed by atoms with Crippen molar-refractivity contribution < 1.29 is 37.7 Å². The SMILES string of the molecule is CCOC(=O)c1c(CNC(CO)CO)c2cc(-c3ccc(C(F)(F)F)cn3)ccc2n1-c1ccc(OC(C)C)cc1. The molecule has 0 saturated carbocycles. The molecule has 0 aliphatic heterocycles. The largest absolute Gasteiger partial charge is 0.491 e. The minimum Gasteiger partial charge on any atom is -0.491 e. The van der Waals surface area contributed by atoms with E-state index in [0.29, 0.717) is 39.2 Å². The van der Waals surface area contributed by atoms with E-state index >= 15 is 0 Å². The highest BCUT2D eigenvalue weighted by Crippen LogP contribution is 2.35. The summed E-state index contributed by atoms with van der Waals surface area (Å²) < 4.78 is 52.2. The van der Waals surface area contributed by atoms with Gasteiger partial charge >= 0.3 is 12.1 Å². The van der Waals surface area contributed by atoms with Crippen molar-refractivity contribution in [3.8, 4) is 22.7 Å². The quantitative estimate of drug-likeness (QED) is 0.215. The Morgan fingerprint density at radius 2 is 1.76 bits per heavy atom. The molecule has 11 heteroatoms. The van der Waals surface area contributed by atoms with Gasteiger partial charge in [-0.2, -0.15) is 13.2 Å². The number of carbonyl (C=O) groups excluding carboxylic acids is 1. The highest BCUT2D eigenvalue weighted by molar-refractivity contribution is 6.01. The number of alkyl halides is 3. The van der Waals surface area contributed by atoms with Crippen molar-refractivity contribution in [1.29, 1.82) is 0 Å². The van der Waals surface area contributed by atoms with Crippen molar-refractivity contribution in [1.82, 2.24) is 14.9 Å². The maximum atomic E-state index is 13.4. The van der Waals surface area contributed by atoms with E-state index in [1.807, 2.05) is 26.0 Å². The van der Waals surface area contributed by atoms with Crippen molar-refractivity contribution in [2.45, 2.75) is 45.6 Å². The first kappa shape index (κ1) is 30.0. The first-order valence-corrected chi connectivity index (χ1v) is 13.2. The molecule has 0 aliphatic carbocycles. The number of fused-ring (bicyclic) bond motifs is 1. The van der Waals surface area contributed by atoms with E-state index in [2.05, 4.69) is 10.3 Å². The van der Waals surface area contributed by atoms with E-state index in [9.17, 15) is 28.2 Å². The summed E-state index contributed by atoms with van der Waals surface area (Å²) in [5, 5.41) is 22.9. The predicted molar refractivity (Wildman–Crippen MR) is 148 cm³/mol. The monoisotopic (exact) mass is 571 g/mol. The second-order valence-electron chi connectivity index (χ2n) is 9.65. The van der Waals surface area contributed by atoms with Gasteiger partial charge in [-0.25, -0.2) is 4.79 Å². The van der Waals surface area contributed by atoms with E-state index in [0.717, 1.165) is 12.3 Å². The maximum Gasteiger partial charge on any atom is 0.417 e. The molecule has 2 aromatic heterocycles. The van der Waals surface area contributed by atoms with Gasteiger partial charge in [0.05, 0.1) is 48.7 Å². The molecule has 0 unspecified atom stereocenters. The fourth-order valence-corrected chi connectivity index (χ4v) is 4.49. The lowest BCUT2D eigenvalue weighted by Gasteiger charge is -2.15. The van der Waals surface area contributed by atoms with E-state index in [4.69, 9.17) is 9.47 Å². The zero-order chi connectivity index (χ0) is 29.7. The van der Waals surface area contributed by atoms with Crippen LogP contribution in [0.15, 0.2) is 60.8 Å². The molecule has 2 aromatic carbocycles. The number of benzene rings is 2. The summed E-state index contributed by atoms with van der Waals surface area (Å²) in [5.41, 5.74) is 2.07. The highest BCUT2D eigenvalue weighted by Gasteiger charge is 2.31. The summed E-state index contributed by atoms with van der Waals surface area (Å²) in [5.74, 6) is 0.0749. The molecule has 0 amide bonds. The number of hydrogen-bond acceptors (Lipinski definition) is 7. The smallest absolute Gasteiger partial charge is 0.417 e. The molecule has 0 atom stereocenters. The van der Waals surface area contributed by atoms with E-state index in [-0.39, 0.29) is 38.2 Å². The zero-order valence-electron chi connectivity index (χ0n) is 22.9. The van der Waals surface area contributed by atoms with E-state index in [1.165, 1.54) is 6.07 Å². The van der Waals surface area contributed by atoms with Gasteiger partial charge in [-0.05, 0) is 69.3 Å². The number of aliphatic hydroxyl groups is 2. The summed E-state index contributed by atoms with van der Waals surface area (Å²) >= 11 is 0. The van der Waals surface area contributed by atoms with Gasteiger partial charge in [-0.1, -0.05) is 6.07 Å². The number of esters is 1. The van der Waals surface area contributed by atoms with Crippen LogP contribution in [0.1, 0.15) is 42.4 Å².